The summed E-state index contributed by atoms with van der Waals surface area (Å²) in [5.41, 5.74) is 0.885. The Kier molecular flexibility index (Phi) is 3.84. The fraction of sp³-hybridized carbons (Fsp3) is 0.294. The van der Waals surface area contributed by atoms with Gasteiger partial charge in [0.15, 0.2) is 0 Å². The number of rotatable bonds is 2. The minimum absolute atomic E-state index is 0.456. The second-order valence-electron chi connectivity index (χ2n) is 5.91. The molecule has 3 aromatic rings. The maximum atomic E-state index is 13.0. The molecule has 1 aliphatic heterocycles. The summed E-state index contributed by atoms with van der Waals surface area (Å²) in [4.78, 5) is 11.0. The number of anilines is 1. The number of piperazine rings is 1. The fourth-order valence-electron chi connectivity index (χ4n) is 2.97. The molecule has 0 radical (unpaired) electrons. The van der Waals surface area contributed by atoms with Crippen molar-refractivity contribution >= 4 is 11.5 Å². The third-order valence-electron chi connectivity index (χ3n) is 4.27. The van der Waals surface area contributed by atoms with Gasteiger partial charge in [0.05, 0.1) is 23.1 Å². The monoisotopic (exact) mass is 347 g/mol. The Balaban J connectivity index is 1.76. The molecule has 1 saturated heterocycles. The molecule has 4 rings (SSSR count). The molecule has 1 fully saturated rings. The Hall–Kier alpha value is -2.61. The van der Waals surface area contributed by atoms with Crippen LogP contribution in [0.5, 0.6) is 0 Å². The first kappa shape index (κ1) is 15.9. The van der Waals surface area contributed by atoms with E-state index in [0.29, 0.717) is 17.0 Å². The first-order valence-electron chi connectivity index (χ1n) is 8.00. The SMILES string of the molecule is FC(F)(F)c1ccc2ncc(-c3cccc(N4CCNCC4)n3)n2c1. The fourth-order valence-corrected chi connectivity index (χ4v) is 2.97. The van der Waals surface area contributed by atoms with Crippen LogP contribution >= 0.6 is 0 Å². The van der Waals surface area contributed by atoms with E-state index in [2.05, 4.69) is 20.2 Å². The van der Waals surface area contributed by atoms with Gasteiger partial charge in [-0.25, -0.2) is 9.97 Å². The predicted octanol–water partition coefficient (Wildman–Crippen LogP) is 2.82. The van der Waals surface area contributed by atoms with E-state index in [4.69, 9.17) is 0 Å². The lowest BCUT2D eigenvalue weighted by Gasteiger charge is -2.28. The minimum atomic E-state index is -4.40. The predicted molar refractivity (Wildman–Crippen MR) is 88.5 cm³/mol. The van der Waals surface area contributed by atoms with Crippen LogP contribution in [0.1, 0.15) is 5.56 Å². The van der Waals surface area contributed by atoms with E-state index in [1.54, 1.807) is 12.3 Å². The van der Waals surface area contributed by atoms with Gasteiger partial charge in [-0.15, -0.1) is 0 Å². The first-order chi connectivity index (χ1) is 12.0. The van der Waals surface area contributed by atoms with Crippen molar-refractivity contribution in [3.8, 4) is 11.4 Å². The van der Waals surface area contributed by atoms with Gasteiger partial charge < -0.3 is 10.2 Å². The Morgan fingerprint density at radius 1 is 1.04 bits per heavy atom. The molecule has 5 nitrogen and oxygen atoms in total. The number of aromatic nitrogens is 3. The van der Waals surface area contributed by atoms with Gasteiger partial charge >= 0.3 is 6.18 Å². The lowest BCUT2D eigenvalue weighted by Crippen LogP contribution is -2.43. The van der Waals surface area contributed by atoms with E-state index in [-0.39, 0.29) is 0 Å². The van der Waals surface area contributed by atoms with Gasteiger partial charge in [-0.05, 0) is 24.3 Å². The Morgan fingerprint density at radius 3 is 2.60 bits per heavy atom. The number of imidazole rings is 1. The highest BCUT2D eigenvalue weighted by Crippen LogP contribution is 2.30. The maximum Gasteiger partial charge on any atom is 0.417 e. The number of nitrogens with one attached hydrogen (secondary N) is 1. The highest BCUT2D eigenvalue weighted by atomic mass is 19.4. The smallest absolute Gasteiger partial charge is 0.354 e. The average Bonchev–Trinajstić information content (AvgIpc) is 3.05. The Morgan fingerprint density at radius 2 is 1.84 bits per heavy atom. The Labute approximate surface area is 142 Å². The van der Waals surface area contributed by atoms with Crippen molar-refractivity contribution in [1.82, 2.24) is 19.7 Å². The normalized spacial score (nSPS) is 15.7. The van der Waals surface area contributed by atoms with Crippen LogP contribution < -0.4 is 10.2 Å². The molecule has 1 N–H and O–H groups in total. The number of nitrogens with zero attached hydrogens (tertiary/aromatic N) is 4. The molecule has 0 saturated carbocycles. The number of pyridine rings is 2. The van der Waals surface area contributed by atoms with Crippen molar-refractivity contribution < 1.29 is 13.2 Å². The first-order valence-corrected chi connectivity index (χ1v) is 8.00. The Bertz CT molecular complexity index is 897. The van der Waals surface area contributed by atoms with E-state index in [1.165, 1.54) is 10.5 Å². The van der Waals surface area contributed by atoms with Crippen molar-refractivity contribution in [3.63, 3.8) is 0 Å². The molecule has 4 heterocycles. The zero-order valence-corrected chi connectivity index (χ0v) is 13.3. The van der Waals surface area contributed by atoms with Gasteiger partial charge in [0.2, 0.25) is 0 Å². The molecule has 0 amide bonds. The topological polar surface area (TPSA) is 45.5 Å². The summed E-state index contributed by atoms with van der Waals surface area (Å²) < 4.78 is 40.4. The summed E-state index contributed by atoms with van der Waals surface area (Å²) in [7, 11) is 0. The molecule has 8 heteroatoms. The number of hydrogen-bond donors (Lipinski definition) is 1. The molecule has 0 atom stereocenters. The molecule has 1 aliphatic rings. The summed E-state index contributed by atoms with van der Waals surface area (Å²) >= 11 is 0. The van der Waals surface area contributed by atoms with E-state index >= 15 is 0 Å². The lowest BCUT2D eigenvalue weighted by molar-refractivity contribution is -0.137. The zero-order chi connectivity index (χ0) is 17.4. The summed E-state index contributed by atoms with van der Waals surface area (Å²) in [6, 6.07) is 7.98. The molecule has 0 bridgehead atoms. The van der Waals surface area contributed by atoms with Crippen molar-refractivity contribution in [2.75, 3.05) is 31.1 Å². The average molecular weight is 347 g/mol. The molecule has 130 valence electrons. The maximum absolute atomic E-state index is 13.0. The van der Waals surface area contributed by atoms with E-state index in [9.17, 15) is 13.2 Å². The summed E-state index contributed by atoms with van der Waals surface area (Å²) in [5.74, 6) is 0.820. The summed E-state index contributed by atoms with van der Waals surface area (Å²) in [6.45, 7) is 3.47. The number of halogens is 3. The molecule has 0 unspecified atom stereocenters. The van der Waals surface area contributed by atoms with Crippen molar-refractivity contribution in [2.24, 2.45) is 0 Å². The lowest BCUT2D eigenvalue weighted by atomic mass is 10.2. The largest absolute Gasteiger partial charge is 0.417 e. The third kappa shape index (κ3) is 3.05. The van der Waals surface area contributed by atoms with Crippen LogP contribution in [-0.4, -0.2) is 40.5 Å². The van der Waals surface area contributed by atoms with Crippen molar-refractivity contribution in [3.05, 3.63) is 48.3 Å². The highest BCUT2D eigenvalue weighted by Gasteiger charge is 2.31. The van der Waals surface area contributed by atoms with Crippen LogP contribution in [0, 0.1) is 0 Å². The molecular formula is C17H16F3N5. The van der Waals surface area contributed by atoms with Crippen LogP contribution in [0.3, 0.4) is 0 Å². The van der Waals surface area contributed by atoms with Gasteiger partial charge in [-0.2, -0.15) is 13.2 Å². The van der Waals surface area contributed by atoms with E-state index in [0.717, 1.165) is 44.3 Å². The van der Waals surface area contributed by atoms with Crippen LogP contribution in [0.15, 0.2) is 42.7 Å². The number of fused-ring (bicyclic) bond motifs is 1. The molecule has 0 spiro atoms. The van der Waals surface area contributed by atoms with Gasteiger partial charge in [-0.3, -0.25) is 4.40 Å². The van der Waals surface area contributed by atoms with Gasteiger partial charge in [0.25, 0.3) is 0 Å². The van der Waals surface area contributed by atoms with E-state index < -0.39 is 11.7 Å². The second-order valence-corrected chi connectivity index (χ2v) is 5.91. The minimum Gasteiger partial charge on any atom is -0.354 e. The number of alkyl halides is 3. The van der Waals surface area contributed by atoms with Gasteiger partial charge in [-0.1, -0.05) is 6.07 Å². The van der Waals surface area contributed by atoms with Crippen LogP contribution in [0.25, 0.3) is 17.0 Å². The van der Waals surface area contributed by atoms with Gasteiger partial charge in [0, 0.05) is 32.4 Å². The number of hydrogen-bond acceptors (Lipinski definition) is 4. The standard InChI is InChI=1S/C17H16F3N5/c18-17(19,20)12-4-5-15-22-10-14(25(15)11-12)13-2-1-3-16(23-13)24-8-6-21-7-9-24/h1-5,10-11,21H,6-9H2. The highest BCUT2D eigenvalue weighted by molar-refractivity contribution is 5.62. The molecule has 3 aromatic heterocycles. The van der Waals surface area contributed by atoms with Crippen LogP contribution in [-0.2, 0) is 6.18 Å². The van der Waals surface area contributed by atoms with Crippen molar-refractivity contribution in [1.29, 1.82) is 0 Å². The zero-order valence-electron chi connectivity index (χ0n) is 13.3. The third-order valence-corrected chi connectivity index (χ3v) is 4.27. The van der Waals surface area contributed by atoms with Crippen LogP contribution in [0.4, 0.5) is 19.0 Å². The molecule has 0 aliphatic carbocycles. The molecule has 0 aromatic carbocycles. The van der Waals surface area contributed by atoms with Gasteiger partial charge in [0.1, 0.15) is 11.5 Å². The van der Waals surface area contributed by atoms with E-state index in [1.807, 2.05) is 12.1 Å². The molecular weight excluding hydrogens is 331 g/mol. The summed E-state index contributed by atoms with van der Waals surface area (Å²) in [6.07, 6.45) is -1.78. The summed E-state index contributed by atoms with van der Waals surface area (Å²) in [5, 5.41) is 3.28. The van der Waals surface area contributed by atoms with Crippen LogP contribution in [0.2, 0.25) is 0 Å². The van der Waals surface area contributed by atoms with Crippen molar-refractivity contribution in [2.45, 2.75) is 6.18 Å². The second kappa shape index (κ2) is 6.03. The quantitative estimate of drug-likeness (QED) is 0.774. The molecule has 25 heavy (non-hydrogen) atoms.